The zero-order valence-corrected chi connectivity index (χ0v) is 15.5. The molecule has 7 nitrogen and oxygen atoms in total. The van der Waals surface area contributed by atoms with Gasteiger partial charge in [-0.2, -0.15) is 10.1 Å². The first-order chi connectivity index (χ1) is 13.2. The third-order valence-electron chi connectivity index (χ3n) is 3.87. The van der Waals surface area contributed by atoms with Crippen molar-refractivity contribution in [2.24, 2.45) is 0 Å². The second-order valence-electron chi connectivity index (χ2n) is 5.96. The molecule has 140 valence electrons. The van der Waals surface area contributed by atoms with Crippen molar-refractivity contribution in [2.75, 3.05) is 30.9 Å². The number of nitrogens with one attached hydrogen (secondary N) is 2. The lowest BCUT2D eigenvalue weighted by atomic mass is 10.1. The highest BCUT2D eigenvalue weighted by atomic mass is 16.5. The van der Waals surface area contributed by atoms with Crippen molar-refractivity contribution in [2.45, 2.75) is 13.5 Å². The van der Waals surface area contributed by atoms with E-state index < -0.39 is 0 Å². The third-order valence-corrected chi connectivity index (χ3v) is 3.87. The summed E-state index contributed by atoms with van der Waals surface area (Å²) < 4.78 is 10.8. The molecule has 0 saturated carbocycles. The van der Waals surface area contributed by atoms with E-state index in [0.717, 1.165) is 17.1 Å². The second-order valence-corrected chi connectivity index (χ2v) is 5.96. The first kappa shape index (κ1) is 18.4. The Labute approximate surface area is 158 Å². The van der Waals surface area contributed by atoms with Crippen LogP contribution in [0.15, 0.2) is 54.7 Å². The van der Waals surface area contributed by atoms with Crippen LogP contribution < -0.4 is 20.1 Å². The molecule has 0 fully saturated rings. The third kappa shape index (κ3) is 5.85. The van der Waals surface area contributed by atoms with Crippen LogP contribution in [0.2, 0.25) is 0 Å². The summed E-state index contributed by atoms with van der Waals surface area (Å²) in [4.78, 5) is 4.40. The minimum atomic E-state index is 0.483. The maximum Gasteiger partial charge on any atom is 0.244 e. The standard InChI is InChI=1S/C20H23N5O2/c1-15-3-5-16(6-4-15)13-22-20-24-19(14-23-25-20)21-11-12-27-18-9-7-17(26-2)8-10-18/h3-10,14H,11-13H2,1-2H3,(H2,21,22,24,25). The van der Waals surface area contributed by atoms with E-state index in [9.17, 15) is 0 Å². The summed E-state index contributed by atoms with van der Waals surface area (Å²) in [5.41, 5.74) is 2.40. The monoisotopic (exact) mass is 365 g/mol. The molecule has 27 heavy (non-hydrogen) atoms. The van der Waals surface area contributed by atoms with E-state index in [1.807, 2.05) is 24.3 Å². The molecule has 2 aromatic carbocycles. The summed E-state index contributed by atoms with van der Waals surface area (Å²) in [6.45, 7) is 3.81. The van der Waals surface area contributed by atoms with Gasteiger partial charge in [0.2, 0.25) is 5.95 Å². The molecule has 1 aromatic heterocycles. The van der Waals surface area contributed by atoms with E-state index in [4.69, 9.17) is 9.47 Å². The van der Waals surface area contributed by atoms with Gasteiger partial charge in [-0.3, -0.25) is 0 Å². The zero-order valence-electron chi connectivity index (χ0n) is 15.5. The Balaban J connectivity index is 1.43. The van der Waals surface area contributed by atoms with Crippen LogP contribution >= 0.6 is 0 Å². The van der Waals surface area contributed by atoms with Gasteiger partial charge in [0.05, 0.1) is 19.9 Å². The number of hydrogen-bond acceptors (Lipinski definition) is 7. The highest BCUT2D eigenvalue weighted by Gasteiger charge is 2.01. The molecule has 2 N–H and O–H groups in total. The number of hydrogen-bond donors (Lipinski definition) is 2. The van der Waals surface area contributed by atoms with Crippen molar-refractivity contribution < 1.29 is 9.47 Å². The Hall–Kier alpha value is -3.35. The van der Waals surface area contributed by atoms with Gasteiger partial charge in [0.15, 0.2) is 5.82 Å². The minimum absolute atomic E-state index is 0.483. The van der Waals surface area contributed by atoms with E-state index in [1.165, 1.54) is 5.56 Å². The molecule has 0 atom stereocenters. The largest absolute Gasteiger partial charge is 0.497 e. The molecular weight excluding hydrogens is 342 g/mol. The number of methoxy groups -OCH3 is 1. The maximum absolute atomic E-state index is 5.67. The Morgan fingerprint density at radius 3 is 2.41 bits per heavy atom. The molecule has 0 aliphatic rings. The Morgan fingerprint density at radius 2 is 1.67 bits per heavy atom. The van der Waals surface area contributed by atoms with Crippen LogP contribution in [0.1, 0.15) is 11.1 Å². The summed E-state index contributed by atoms with van der Waals surface area (Å²) in [6.07, 6.45) is 1.59. The van der Waals surface area contributed by atoms with Gasteiger partial charge >= 0.3 is 0 Å². The van der Waals surface area contributed by atoms with E-state index in [-0.39, 0.29) is 0 Å². The molecule has 0 aliphatic carbocycles. The van der Waals surface area contributed by atoms with E-state index in [2.05, 4.69) is 57.0 Å². The van der Waals surface area contributed by atoms with Gasteiger partial charge in [-0.25, -0.2) is 0 Å². The number of nitrogens with zero attached hydrogens (tertiary/aromatic N) is 3. The fourth-order valence-corrected chi connectivity index (χ4v) is 2.37. The Bertz CT molecular complexity index is 838. The first-order valence-corrected chi connectivity index (χ1v) is 8.73. The van der Waals surface area contributed by atoms with Crippen LogP contribution in [0.25, 0.3) is 0 Å². The summed E-state index contributed by atoms with van der Waals surface area (Å²) in [6, 6.07) is 15.8. The molecule has 1 heterocycles. The predicted molar refractivity (Wildman–Crippen MR) is 105 cm³/mol. The number of aromatic nitrogens is 3. The molecule has 0 aliphatic heterocycles. The van der Waals surface area contributed by atoms with Crippen LogP contribution in [0, 0.1) is 6.92 Å². The zero-order chi connectivity index (χ0) is 18.9. The first-order valence-electron chi connectivity index (χ1n) is 8.73. The van der Waals surface area contributed by atoms with Crippen molar-refractivity contribution in [3.05, 3.63) is 65.9 Å². The molecule has 0 spiro atoms. The van der Waals surface area contributed by atoms with Gasteiger partial charge in [0.25, 0.3) is 0 Å². The normalized spacial score (nSPS) is 10.3. The lowest BCUT2D eigenvalue weighted by molar-refractivity contribution is 0.331. The number of ether oxygens (including phenoxy) is 2. The summed E-state index contributed by atoms with van der Waals surface area (Å²) in [7, 11) is 1.64. The van der Waals surface area contributed by atoms with Gasteiger partial charge < -0.3 is 20.1 Å². The lowest BCUT2D eigenvalue weighted by Gasteiger charge is -2.09. The van der Waals surface area contributed by atoms with E-state index >= 15 is 0 Å². The van der Waals surface area contributed by atoms with Crippen molar-refractivity contribution >= 4 is 11.8 Å². The molecule has 7 heteroatoms. The molecule has 0 unspecified atom stereocenters. The molecule has 0 bridgehead atoms. The molecular formula is C20H23N5O2. The quantitative estimate of drug-likeness (QED) is 0.563. The highest BCUT2D eigenvalue weighted by molar-refractivity contribution is 5.37. The summed E-state index contributed by atoms with van der Waals surface area (Å²) in [5, 5.41) is 14.3. The van der Waals surface area contributed by atoms with Gasteiger partial charge in [-0.05, 0) is 36.8 Å². The fraction of sp³-hybridized carbons (Fsp3) is 0.250. The topological polar surface area (TPSA) is 81.2 Å². The smallest absolute Gasteiger partial charge is 0.244 e. The number of anilines is 2. The maximum atomic E-state index is 5.67. The van der Waals surface area contributed by atoms with Crippen LogP contribution in [0.3, 0.4) is 0 Å². The second kappa shape index (κ2) is 9.38. The Kier molecular flexibility index (Phi) is 6.40. The fourth-order valence-electron chi connectivity index (χ4n) is 2.37. The summed E-state index contributed by atoms with van der Waals surface area (Å²) in [5.74, 6) is 2.73. The SMILES string of the molecule is COc1ccc(OCCNc2cnnc(NCc3ccc(C)cc3)n2)cc1. The van der Waals surface area contributed by atoms with Crippen LogP contribution in [0.4, 0.5) is 11.8 Å². The molecule has 3 aromatic rings. The molecule has 0 saturated heterocycles. The van der Waals surface area contributed by atoms with Crippen molar-refractivity contribution in [1.29, 1.82) is 0 Å². The lowest BCUT2D eigenvalue weighted by Crippen LogP contribution is -2.14. The van der Waals surface area contributed by atoms with E-state index in [0.29, 0.717) is 31.5 Å². The van der Waals surface area contributed by atoms with Gasteiger partial charge in [0.1, 0.15) is 18.1 Å². The number of aryl methyl sites for hydroxylation is 1. The van der Waals surface area contributed by atoms with Crippen LogP contribution in [0.5, 0.6) is 11.5 Å². The number of rotatable bonds is 9. The molecule has 3 rings (SSSR count). The van der Waals surface area contributed by atoms with Crippen molar-refractivity contribution in [3.8, 4) is 11.5 Å². The number of benzene rings is 2. The average molecular weight is 365 g/mol. The predicted octanol–water partition coefficient (Wildman–Crippen LogP) is 3.29. The van der Waals surface area contributed by atoms with Gasteiger partial charge in [0, 0.05) is 6.54 Å². The summed E-state index contributed by atoms with van der Waals surface area (Å²) >= 11 is 0. The van der Waals surface area contributed by atoms with Crippen LogP contribution in [-0.2, 0) is 6.54 Å². The minimum Gasteiger partial charge on any atom is -0.497 e. The highest BCUT2D eigenvalue weighted by Crippen LogP contribution is 2.16. The Morgan fingerprint density at radius 1 is 0.926 bits per heavy atom. The van der Waals surface area contributed by atoms with E-state index in [1.54, 1.807) is 13.3 Å². The molecule has 0 amide bonds. The van der Waals surface area contributed by atoms with Crippen molar-refractivity contribution in [1.82, 2.24) is 15.2 Å². The molecule has 0 radical (unpaired) electrons. The van der Waals surface area contributed by atoms with Gasteiger partial charge in [-0.1, -0.05) is 29.8 Å². The average Bonchev–Trinajstić information content (AvgIpc) is 2.71. The van der Waals surface area contributed by atoms with Crippen LogP contribution in [-0.4, -0.2) is 35.4 Å². The van der Waals surface area contributed by atoms with Crippen molar-refractivity contribution in [3.63, 3.8) is 0 Å². The van der Waals surface area contributed by atoms with Gasteiger partial charge in [-0.15, -0.1) is 5.10 Å².